The number of carbonyl (C=O) groups is 2. The quantitative estimate of drug-likeness (QED) is 0.869. The number of morpholine rings is 1. The molecule has 2 aromatic rings. The number of hydrogen-bond donors (Lipinski definition) is 1. The van der Waals surface area contributed by atoms with Gasteiger partial charge in [0, 0.05) is 30.3 Å². The van der Waals surface area contributed by atoms with E-state index >= 15 is 0 Å². The summed E-state index contributed by atoms with van der Waals surface area (Å²) in [5.74, 6) is -0.303. The predicted octanol–water partition coefficient (Wildman–Crippen LogP) is 1.04. The number of carbonyl (C=O) groups excluding carboxylic acids is 1. The summed E-state index contributed by atoms with van der Waals surface area (Å²) in [5, 5.41) is 16.7. The van der Waals surface area contributed by atoms with E-state index in [2.05, 4.69) is 10.1 Å². The number of rotatable bonds is 5. The van der Waals surface area contributed by atoms with E-state index in [1.54, 1.807) is 11.3 Å². The van der Waals surface area contributed by atoms with Crippen LogP contribution in [0.5, 0.6) is 0 Å². The van der Waals surface area contributed by atoms with Gasteiger partial charge in [0.15, 0.2) is 6.10 Å². The average molecular weight is 337 g/mol. The molecule has 0 spiro atoms. The Morgan fingerprint density at radius 1 is 1.48 bits per heavy atom. The van der Waals surface area contributed by atoms with Crippen LogP contribution in [-0.4, -0.2) is 57.8 Å². The minimum absolute atomic E-state index is 0.0676. The summed E-state index contributed by atoms with van der Waals surface area (Å²) in [6.07, 6.45) is -0.441. The van der Waals surface area contributed by atoms with E-state index in [1.165, 1.54) is 4.90 Å². The summed E-state index contributed by atoms with van der Waals surface area (Å²) in [6.45, 7) is 0.691. The van der Waals surface area contributed by atoms with Gasteiger partial charge < -0.3 is 19.3 Å². The van der Waals surface area contributed by atoms with Gasteiger partial charge in [-0.05, 0) is 11.4 Å². The van der Waals surface area contributed by atoms with E-state index in [0.29, 0.717) is 24.7 Å². The molecule has 1 fully saturated rings. The van der Waals surface area contributed by atoms with Crippen molar-refractivity contribution in [2.45, 2.75) is 18.9 Å². The van der Waals surface area contributed by atoms with Crippen molar-refractivity contribution in [2.24, 2.45) is 0 Å². The lowest BCUT2D eigenvalue weighted by Crippen LogP contribution is -2.48. The first-order valence-electron chi connectivity index (χ1n) is 7.11. The monoisotopic (exact) mass is 337 g/mol. The molecule has 1 atom stereocenters. The molecule has 0 unspecified atom stereocenters. The smallest absolute Gasteiger partial charge is 0.334 e. The molecule has 1 aliphatic heterocycles. The summed E-state index contributed by atoms with van der Waals surface area (Å²) >= 11 is 1.54. The molecule has 9 heteroatoms. The molecule has 1 saturated heterocycles. The van der Waals surface area contributed by atoms with Crippen molar-refractivity contribution < 1.29 is 24.0 Å². The average Bonchev–Trinajstić information content (AvgIpc) is 3.23. The molecule has 0 saturated carbocycles. The minimum Gasteiger partial charge on any atom is -0.479 e. The molecule has 1 N–H and O–H groups in total. The number of hydrogen-bond acceptors (Lipinski definition) is 7. The molecule has 3 rings (SSSR count). The van der Waals surface area contributed by atoms with Crippen LogP contribution in [0, 0.1) is 0 Å². The molecule has 8 nitrogen and oxygen atoms in total. The van der Waals surface area contributed by atoms with Crippen molar-refractivity contribution in [3.63, 3.8) is 0 Å². The highest BCUT2D eigenvalue weighted by Gasteiger charge is 2.28. The van der Waals surface area contributed by atoms with E-state index in [4.69, 9.17) is 14.4 Å². The fraction of sp³-hybridized carbons (Fsp3) is 0.429. The van der Waals surface area contributed by atoms with Crippen LogP contribution in [-0.2, 0) is 20.7 Å². The van der Waals surface area contributed by atoms with Gasteiger partial charge in [0.2, 0.25) is 17.6 Å². The Labute approximate surface area is 135 Å². The van der Waals surface area contributed by atoms with Crippen molar-refractivity contribution in [3.05, 3.63) is 22.7 Å². The Morgan fingerprint density at radius 2 is 2.35 bits per heavy atom. The van der Waals surface area contributed by atoms with Gasteiger partial charge in [0.25, 0.3) is 0 Å². The molecule has 1 amide bonds. The number of aromatic nitrogens is 2. The Kier molecular flexibility index (Phi) is 4.68. The summed E-state index contributed by atoms with van der Waals surface area (Å²) in [6, 6.07) is 1.89. The second-order valence-corrected chi connectivity index (χ2v) is 5.84. The van der Waals surface area contributed by atoms with Crippen LogP contribution in [0.25, 0.3) is 11.4 Å². The van der Waals surface area contributed by atoms with Gasteiger partial charge in [-0.3, -0.25) is 4.79 Å². The number of amides is 1. The first kappa shape index (κ1) is 15.6. The number of ether oxygens (including phenoxy) is 1. The summed E-state index contributed by atoms with van der Waals surface area (Å²) in [4.78, 5) is 28.8. The van der Waals surface area contributed by atoms with Crippen LogP contribution in [0.1, 0.15) is 12.3 Å². The highest BCUT2D eigenvalue weighted by molar-refractivity contribution is 7.08. The van der Waals surface area contributed by atoms with Crippen molar-refractivity contribution in [3.8, 4) is 11.4 Å². The van der Waals surface area contributed by atoms with Crippen molar-refractivity contribution >= 4 is 23.2 Å². The molecule has 0 aromatic carbocycles. The van der Waals surface area contributed by atoms with E-state index in [9.17, 15) is 9.59 Å². The zero-order valence-electron chi connectivity index (χ0n) is 12.2. The van der Waals surface area contributed by atoms with Gasteiger partial charge in [0.05, 0.1) is 13.2 Å². The number of carboxylic acid groups (broad SMARTS) is 1. The Morgan fingerprint density at radius 3 is 3.09 bits per heavy atom. The maximum atomic E-state index is 12.2. The maximum absolute atomic E-state index is 12.2. The number of carboxylic acids is 1. The zero-order valence-corrected chi connectivity index (χ0v) is 13.0. The van der Waals surface area contributed by atoms with Crippen LogP contribution in [0.4, 0.5) is 0 Å². The topological polar surface area (TPSA) is 106 Å². The summed E-state index contributed by atoms with van der Waals surface area (Å²) in [7, 11) is 0. The van der Waals surface area contributed by atoms with Crippen LogP contribution >= 0.6 is 11.3 Å². The standard InChI is InChI=1S/C14H15N3O5S/c18-12(17-4-5-21-10(7-17)14(19)20)2-1-11-15-13(16-22-11)9-3-6-23-8-9/h3,6,8,10H,1-2,4-5,7H2,(H,19,20)/t10-/m0/s1. The van der Waals surface area contributed by atoms with E-state index in [-0.39, 0.29) is 25.5 Å². The maximum Gasteiger partial charge on any atom is 0.334 e. The van der Waals surface area contributed by atoms with Crippen LogP contribution in [0.3, 0.4) is 0 Å². The fourth-order valence-electron chi connectivity index (χ4n) is 2.26. The molecular weight excluding hydrogens is 322 g/mol. The van der Waals surface area contributed by atoms with Crippen molar-refractivity contribution in [2.75, 3.05) is 19.7 Å². The summed E-state index contributed by atoms with van der Waals surface area (Å²) < 4.78 is 10.2. The zero-order chi connectivity index (χ0) is 16.2. The fourth-order valence-corrected chi connectivity index (χ4v) is 2.90. The molecule has 23 heavy (non-hydrogen) atoms. The molecule has 0 radical (unpaired) electrons. The third-order valence-electron chi connectivity index (χ3n) is 3.49. The van der Waals surface area contributed by atoms with Crippen LogP contribution < -0.4 is 0 Å². The normalized spacial score (nSPS) is 18.1. The molecule has 0 aliphatic carbocycles. The lowest BCUT2D eigenvalue weighted by molar-refractivity contribution is -0.159. The molecular formula is C14H15N3O5S. The van der Waals surface area contributed by atoms with Gasteiger partial charge in [0.1, 0.15) is 0 Å². The first-order valence-corrected chi connectivity index (χ1v) is 8.05. The van der Waals surface area contributed by atoms with Crippen molar-refractivity contribution in [1.82, 2.24) is 15.0 Å². The number of aliphatic carboxylic acids is 1. The molecule has 2 aromatic heterocycles. The van der Waals surface area contributed by atoms with Gasteiger partial charge in [-0.25, -0.2) is 4.79 Å². The second-order valence-electron chi connectivity index (χ2n) is 5.06. The third kappa shape index (κ3) is 3.74. The molecule has 122 valence electrons. The minimum atomic E-state index is -1.06. The first-order chi connectivity index (χ1) is 11.1. The van der Waals surface area contributed by atoms with Gasteiger partial charge in [-0.15, -0.1) is 0 Å². The third-order valence-corrected chi connectivity index (χ3v) is 4.18. The lowest BCUT2D eigenvalue weighted by Gasteiger charge is -2.30. The highest BCUT2D eigenvalue weighted by Crippen LogP contribution is 2.19. The Balaban J connectivity index is 1.54. The molecule has 1 aliphatic rings. The van der Waals surface area contributed by atoms with Crippen molar-refractivity contribution in [1.29, 1.82) is 0 Å². The van der Waals surface area contributed by atoms with Crippen LogP contribution in [0.2, 0.25) is 0 Å². The van der Waals surface area contributed by atoms with E-state index < -0.39 is 12.1 Å². The van der Waals surface area contributed by atoms with Crippen LogP contribution in [0.15, 0.2) is 21.3 Å². The molecule has 0 bridgehead atoms. The largest absolute Gasteiger partial charge is 0.479 e. The number of aryl methyl sites for hydroxylation is 1. The molecule has 3 heterocycles. The number of thiophene rings is 1. The second kappa shape index (κ2) is 6.88. The highest BCUT2D eigenvalue weighted by atomic mass is 32.1. The SMILES string of the molecule is O=C(O)[C@@H]1CN(C(=O)CCc2nc(-c3ccsc3)no2)CCO1. The number of nitrogens with zero attached hydrogens (tertiary/aromatic N) is 3. The Bertz CT molecular complexity index is 684. The van der Waals surface area contributed by atoms with Gasteiger partial charge >= 0.3 is 5.97 Å². The van der Waals surface area contributed by atoms with E-state index in [1.807, 2.05) is 16.8 Å². The predicted molar refractivity (Wildman–Crippen MR) is 79.9 cm³/mol. The summed E-state index contributed by atoms with van der Waals surface area (Å²) in [5.41, 5.74) is 0.883. The van der Waals surface area contributed by atoms with Gasteiger partial charge in [-0.2, -0.15) is 16.3 Å². The Hall–Kier alpha value is -2.26. The van der Waals surface area contributed by atoms with E-state index in [0.717, 1.165) is 5.56 Å². The van der Waals surface area contributed by atoms with Gasteiger partial charge in [-0.1, -0.05) is 5.16 Å². The lowest BCUT2D eigenvalue weighted by atomic mass is 10.2.